The van der Waals surface area contributed by atoms with Gasteiger partial charge in [0.15, 0.2) is 6.61 Å². The summed E-state index contributed by atoms with van der Waals surface area (Å²) in [6.45, 7) is 1.54. The molecule has 0 bridgehead atoms. The van der Waals surface area contributed by atoms with Gasteiger partial charge in [0.05, 0.1) is 0 Å². The number of ether oxygens (including phenoxy) is 1. The Morgan fingerprint density at radius 2 is 2.18 bits per heavy atom. The smallest absolute Gasteiger partial charge is 0.260 e. The van der Waals surface area contributed by atoms with Gasteiger partial charge < -0.3 is 15.4 Å². The van der Waals surface area contributed by atoms with Crippen molar-refractivity contribution in [2.24, 2.45) is 5.73 Å². The fourth-order valence-electron chi connectivity index (χ4n) is 1.99. The molecule has 2 N–H and O–H groups in total. The highest BCUT2D eigenvalue weighted by Crippen LogP contribution is 2.11. The third kappa shape index (κ3) is 3.46. The van der Waals surface area contributed by atoms with E-state index in [1.54, 1.807) is 4.90 Å². The van der Waals surface area contributed by atoms with Gasteiger partial charge in [-0.05, 0) is 25.0 Å². The molecule has 17 heavy (non-hydrogen) atoms. The van der Waals surface area contributed by atoms with Gasteiger partial charge >= 0.3 is 0 Å². The van der Waals surface area contributed by atoms with E-state index in [9.17, 15) is 4.79 Å². The summed E-state index contributed by atoms with van der Waals surface area (Å²) in [7, 11) is 0. The lowest BCUT2D eigenvalue weighted by Crippen LogP contribution is -2.47. The lowest BCUT2D eigenvalue weighted by Gasteiger charge is -2.30. The monoisotopic (exact) mass is 234 g/mol. The van der Waals surface area contributed by atoms with Gasteiger partial charge in [0.1, 0.15) is 5.75 Å². The van der Waals surface area contributed by atoms with E-state index in [0.29, 0.717) is 6.54 Å². The topological polar surface area (TPSA) is 55.6 Å². The summed E-state index contributed by atoms with van der Waals surface area (Å²) >= 11 is 0. The van der Waals surface area contributed by atoms with Crippen LogP contribution in [0.15, 0.2) is 30.3 Å². The third-order valence-electron chi connectivity index (χ3n) is 2.92. The molecule has 0 aliphatic carbocycles. The Bertz CT molecular complexity index is 367. The van der Waals surface area contributed by atoms with E-state index in [2.05, 4.69) is 0 Å². The van der Waals surface area contributed by atoms with Crippen LogP contribution in [0, 0.1) is 0 Å². The third-order valence-corrected chi connectivity index (χ3v) is 2.92. The maximum absolute atomic E-state index is 11.9. The second-order valence-corrected chi connectivity index (χ2v) is 4.34. The molecule has 1 amide bonds. The molecule has 1 atom stereocenters. The van der Waals surface area contributed by atoms with Crippen molar-refractivity contribution < 1.29 is 9.53 Å². The molecule has 1 aliphatic rings. The van der Waals surface area contributed by atoms with E-state index in [-0.39, 0.29) is 18.6 Å². The Morgan fingerprint density at radius 3 is 2.88 bits per heavy atom. The Labute approximate surface area is 101 Å². The van der Waals surface area contributed by atoms with Crippen LogP contribution in [0.2, 0.25) is 0 Å². The number of nitrogens with zero attached hydrogens (tertiary/aromatic N) is 1. The summed E-state index contributed by atoms with van der Waals surface area (Å²) in [4.78, 5) is 13.7. The number of hydrogen-bond acceptors (Lipinski definition) is 3. The molecule has 0 aromatic heterocycles. The minimum absolute atomic E-state index is 0.0176. The van der Waals surface area contributed by atoms with Crippen LogP contribution in [0.3, 0.4) is 0 Å². The molecule has 2 rings (SSSR count). The van der Waals surface area contributed by atoms with Crippen LogP contribution >= 0.6 is 0 Å². The molecule has 0 spiro atoms. The molecule has 1 aliphatic heterocycles. The zero-order chi connectivity index (χ0) is 12.1. The predicted octanol–water partition coefficient (Wildman–Crippen LogP) is 1.02. The van der Waals surface area contributed by atoms with Gasteiger partial charge in [-0.3, -0.25) is 4.79 Å². The van der Waals surface area contributed by atoms with E-state index < -0.39 is 0 Å². The first kappa shape index (κ1) is 11.9. The van der Waals surface area contributed by atoms with Crippen molar-refractivity contribution in [2.75, 3.05) is 19.7 Å². The summed E-state index contributed by atoms with van der Waals surface area (Å²) in [5.74, 6) is 0.742. The zero-order valence-corrected chi connectivity index (χ0v) is 9.84. The second-order valence-electron chi connectivity index (χ2n) is 4.34. The maximum Gasteiger partial charge on any atom is 0.260 e. The van der Waals surface area contributed by atoms with Gasteiger partial charge in [-0.2, -0.15) is 0 Å². The van der Waals surface area contributed by atoms with E-state index in [1.165, 1.54) is 0 Å². The Kier molecular flexibility index (Phi) is 3.98. The largest absolute Gasteiger partial charge is 0.484 e. The summed E-state index contributed by atoms with van der Waals surface area (Å²) in [5.41, 5.74) is 5.84. The molecule has 1 heterocycles. The average molecular weight is 234 g/mol. The lowest BCUT2D eigenvalue weighted by molar-refractivity contribution is -0.134. The molecule has 92 valence electrons. The highest BCUT2D eigenvalue weighted by Gasteiger charge is 2.21. The van der Waals surface area contributed by atoms with E-state index in [1.807, 2.05) is 30.3 Å². The minimum atomic E-state index is 0.0176. The highest BCUT2D eigenvalue weighted by atomic mass is 16.5. The van der Waals surface area contributed by atoms with E-state index in [0.717, 1.165) is 25.1 Å². The van der Waals surface area contributed by atoms with Gasteiger partial charge in [0.25, 0.3) is 5.91 Å². The number of likely N-dealkylation sites (tertiary alicyclic amines) is 1. The van der Waals surface area contributed by atoms with Crippen molar-refractivity contribution in [3.63, 3.8) is 0 Å². The van der Waals surface area contributed by atoms with Crippen LogP contribution in [0.1, 0.15) is 12.8 Å². The first-order chi connectivity index (χ1) is 8.25. The number of nitrogens with two attached hydrogens (primary N) is 1. The molecule has 1 aromatic rings. The van der Waals surface area contributed by atoms with Crippen molar-refractivity contribution in [3.05, 3.63) is 30.3 Å². The SMILES string of the molecule is N[C@H]1CCCN(C(=O)COc2ccccc2)C1. The number of benzene rings is 1. The van der Waals surface area contributed by atoms with Crippen LogP contribution in [0.25, 0.3) is 0 Å². The molecule has 1 fully saturated rings. The quantitative estimate of drug-likeness (QED) is 0.849. The van der Waals surface area contributed by atoms with E-state index >= 15 is 0 Å². The molecular formula is C13H18N2O2. The minimum Gasteiger partial charge on any atom is -0.484 e. The highest BCUT2D eigenvalue weighted by molar-refractivity contribution is 5.77. The van der Waals surface area contributed by atoms with Gasteiger partial charge in [-0.25, -0.2) is 0 Å². The number of para-hydroxylation sites is 1. The number of hydrogen-bond donors (Lipinski definition) is 1. The maximum atomic E-state index is 11.9. The molecular weight excluding hydrogens is 216 g/mol. The Morgan fingerprint density at radius 1 is 1.41 bits per heavy atom. The normalized spacial score (nSPS) is 20.1. The van der Waals surface area contributed by atoms with Crippen LogP contribution in [-0.4, -0.2) is 36.5 Å². The van der Waals surface area contributed by atoms with Crippen LogP contribution in [0.5, 0.6) is 5.75 Å². The molecule has 0 saturated carbocycles. The van der Waals surface area contributed by atoms with Gasteiger partial charge in [-0.1, -0.05) is 18.2 Å². The molecule has 0 radical (unpaired) electrons. The van der Waals surface area contributed by atoms with Crippen molar-refractivity contribution >= 4 is 5.91 Å². The number of rotatable bonds is 3. The number of carbonyl (C=O) groups excluding carboxylic acids is 1. The Balaban J connectivity index is 1.81. The van der Waals surface area contributed by atoms with Crippen LogP contribution < -0.4 is 10.5 Å². The lowest BCUT2D eigenvalue weighted by atomic mass is 10.1. The van der Waals surface area contributed by atoms with Gasteiger partial charge in [-0.15, -0.1) is 0 Å². The van der Waals surface area contributed by atoms with Crippen molar-refractivity contribution in [1.29, 1.82) is 0 Å². The van der Waals surface area contributed by atoms with Gasteiger partial charge in [0, 0.05) is 19.1 Å². The summed E-state index contributed by atoms with van der Waals surface area (Å²) in [6.07, 6.45) is 1.99. The van der Waals surface area contributed by atoms with Gasteiger partial charge in [0.2, 0.25) is 0 Å². The first-order valence-corrected chi connectivity index (χ1v) is 5.97. The van der Waals surface area contributed by atoms with E-state index in [4.69, 9.17) is 10.5 Å². The molecule has 0 unspecified atom stereocenters. The van der Waals surface area contributed by atoms with Crippen molar-refractivity contribution in [3.8, 4) is 5.75 Å². The number of piperidine rings is 1. The zero-order valence-electron chi connectivity index (χ0n) is 9.84. The first-order valence-electron chi connectivity index (χ1n) is 5.97. The Hall–Kier alpha value is -1.55. The molecule has 1 aromatic carbocycles. The summed E-state index contributed by atoms with van der Waals surface area (Å²) in [5, 5.41) is 0. The summed E-state index contributed by atoms with van der Waals surface area (Å²) < 4.78 is 5.42. The number of amides is 1. The average Bonchev–Trinajstić information content (AvgIpc) is 2.37. The van der Waals surface area contributed by atoms with Crippen LogP contribution in [-0.2, 0) is 4.79 Å². The summed E-state index contributed by atoms with van der Waals surface area (Å²) in [6, 6.07) is 9.49. The van der Waals surface area contributed by atoms with Crippen LogP contribution in [0.4, 0.5) is 0 Å². The predicted molar refractivity (Wildman–Crippen MR) is 65.7 cm³/mol. The van der Waals surface area contributed by atoms with Crippen molar-refractivity contribution in [1.82, 2.24) is 4.90 Å². The molecule has 4 heteroatoms. The fourth-order valence-corrected chi connectivity index (χ4v) is 1.99. The number of carbonyl (C=O) groups is 1. The second kappa shape index (κ2) is 5.68. The standard InChI is InChI=1S/C13H18N2O2/c14-11-5-4-8-15(9-11)13(16)10-17-12-6-2-1-3-7-12/h1-3,6-7,11H,4-5,8-10,14H2/t11-/m0/s1. The van der Waals surface area contributed by atoms with Crippen molar-refractivity contribution in [2.45, 2.75) is 18.9 Å². The molecule has 1 saturated heterocycles. The fraction of sp³-hybridized carbons (Fsp3) is 0.462. The molecule has 4 nitrogen and oxygen atoms in total.